The standard InChI is InChI=1S/C14H19ClN2O/c1-10-5-6-11(15)9-12(10)17-13(18)14(16)7-3-2-4-8-14/h5-6,9H,2-4,7-8,16H2,1H3,(H,17,18). The first-order chi connectivity index (χ1) is 8.51. The monoisotopic (exact) mass is 266 g/mol. The molecule has 18 heavy (non-hydrogen) atoms. The van der Waals surface area contributed by atoms with Crippen molar-refractivity contribution >= 4 is 23.2 Å². The summed E-state index contributed by atoms with van der Waals surface area (Å²) in [7, 11) is 0. The van der Waals surface area contributed by atoms with E-state index in [4.69, 9.17) is 17.3 Å². The van der Waals surface area contributed by atoms with Gasteiger partial charge in [0.05, 0.1) is 5.54 Å². The molecule has 4 heteroatoms. The van der Waals surface area contributed by atoms with Crippen LogP contribution in [-0.2, 0) is 4.79 Å². The maximum Gasteiger partial charge on any atom is 0.244 e. The van der Waals surface area contributed by atoms with Gasteiger partial charge in [-0.1, -0.05) is 36.9 Å². The van der Waals surface area contributed by atoms with Gasteiger partial charge in [-0.15, -0.1) is 0 Å². The van der Waals surface area contributed by atoms with E-state index in [2.05, 4.69) is 5.32 Å². The summed E-state index contributed by atoms with van der Waals surface area (Å²) in [6.45, 7) is 1.94. The van der Waals surface area contributed by atoms with Crippen molar-refractivity contribution < 1.29 is 4.79 Å². The van der Waals surface area contributed by atoms with Crippen LogP contribution in [0.15, 0.2) is 18.2 Å². The molecule has 2 rings (SSSR count). The van der Waals surface area contributed by atoms with Crippen LogP contribution in [0.4, 0.5) is 5.69 Å². The van der Waals surface area contributed by atoms with Crippen LogP contribution in [0.3, 0.4) is 0 Å². The fourth-order valence-corrected chi connectivity index (χ4v) is 2.56. The highest BCUT2D eigenvalue weighted by molar-refractivity contribution is 6.31. The third-order valence-corrected chi connectivity index (χ3v) is 3.88. The second kappa shape index (κ2) is 5.29. The van der Waals surface area contributed by atoms with E-state index in [-0.39, 0.29) is 5.91 Å². The summed E-state index contributed by atoms with van der Waals surface area (Å²) < 4.78 is 0. The van der Waals surface area contributed by atoms with Crippen molar-refractivity contribution in [1.82, 2.24) is 0 Å². The predicted molar refractivity (Wildman–Crippen MR) is 74.8 cm³/mol. The lowest BCUT2D eigenvalue weighted by molar-refractivity contribution is -0.122. The quantitative estimate of drug-likeness (QED) is 0.863. The molecule has 0 aromatic heterocycles. The average Bonchev–Trinajstić information content (AvgIpc) is 2.35. The topological polar surface area (TPSA) is 55.1 Å². The Labute approximate surface area is 113 Å². The summed E-state index contributed by atoms with van der Waals surface area (Å²) in [5.74, 6) is -0.0902. The van der Waals surface area contributed by atoms with Crippen LogP contribution in [0, 0.1) is 6.92 Å². The maximum absolute atomic E-state index is 12.3. The lowest BCUT2D eigenvalue weighted by Gasteiger charge is -2.32. The molecule has 0 radical (unpaired) electrons. The van der Waals surface area contributed by atoms with E-state index in [1.807, 2.05) is 19.1 Å². The van der Waals surface area contributed by atoms with Gasteiger partial charge < -0.3 is 11.1 Å². The summed E-state index contributed by atoms with van der Waals surface area (Å²) in [6, 6.07) is 5.47. The van der Waals surface area contributed by atoms with Crippen molar-refractivity contribution in [3.05, 3.63) is 28.8 Å². The van der Waals surface area contributed by atoms with E-state index in [1.54, 1.807) is 6.07 Å². The lowest BCUT2D eigenvalue weighted by Crippen LogP contribution is -2.52. The Morgan fingerprint density at radius 1 is 1.33 bits per heavy atom. The number of hydrogen-bond donors (Lipinski definition) is 2. The minimum absolute atomic E-state index is 0.0902. The number of nitrogens with one attached hydrogen (secondary N) is 1. The number of benzene rings is 1. The molecule has 0 unspecified atom stereocenters. The first-order valence-corrected chi connectivity index (χ1v) is 6.75. The molecule has 3 N–H and O–H groups in total. The molecule has 0 atom stereocenters. The first kappa shape index (κ1) is 13.4. The number of rotatable bonds is 2. The minimum Gasteiger partial charge on any atom is -0.324 e. The number of halogens is 1. The lowest BCUT2D eigenvalue weighted by atomic mass is 9.82. The van der Waals surface area contributed by atoms with Crippen LogP contribution in [0.1, 0.15) is 37.7 Å². The highest BCUT2D eigenvalue weighted by Crippen LogP contribution is 2.28. The molecule has 1 saturated carbocycles. The smallest absolute Gasteiger partial charge is 0.244 e. The van der Waals surface area contributed by atoms with Crippen molar-refractivity contribution in [3.8, 4) is 0 Å². The van der Waals surface area contributed by atoms with E-state index < -0.39 is 5.54 Å². The van der Waals surface area contributed by atoms with Gasteiger partial charge in [0.2, 0.25) is 5.91 Å². The molecule has 0 heterocycles. The number of carbonyl (C=O) groups is 1. The number of hydrogen-bond acceptors (Lipinski definition) is 2. The molecule has 1 aliphatic rings. The third kappa shape index (κ3) is 2.85. The van der Waals surface area contributed by atoms with Gasteiger partial charge >= 0.3 is 0 Å². The van der Waals surface area contributed by atoms with E-state index in [9.17, 15) is 4.79 Å². The fourth-order valence-electron chi connectivity index (χ4n) is 2.39. The van der Waals surface area contributed by atoms with Gasteiger partial charge in [-0.25, -0.2) is 0 Å². The Morgan fingerprint density at radius 3 is 2.67 bits per heavy atom. The highest BCUT2D eigenvalue weighted by Gasteiger charge is 2.35. The molecular formula is C14H19ClN2O. The van der Waals surface area contributed by atoms with Gasteiger partial charge in [0.25, 0.3) is 0 Å². The highest BCUT2D eigenvalue weighted by atomic mass is 35.5. The van der Waals surface area contributed by atoms with Gasteiger partial charge in [-0.05, 0) is 37.5 Å². The average molecular weight is 267 g/mol. The molecule has 1 aromatic carbocycles. The van der Waals surface area contributed by atoms with Gasteiger partial charge in [0.1, 0.15) is 0 Å². The Bertz CT molecular complexity index is 453. The van der Waals surface area contributed by atoms with Crippen molar-refractivity contribution in [2.24, 2.45) is 5.73 Å². The Morgan fingerprint density at radius 2 is 2.00 bits per heavy atom. The SMILES string of the molecule is Cc1ccc(Cl)cc1NC(=O)C1(N)CCCCC1. The molecule has 3 nitrogen and oxygen atoms in total. The Kier molecular flexibility index (Phi) is 3.93. The number of anilines is 1. The van der Waals surface area contributed by atoms with E-state index >= 15 is 0 Å². The van der Waals surface area contributed by atoms with E-state index in [1.165, 1.54) is 6.42 Å². The van der Waals surface area contributed by atoms with Gasteiger partial charge in [0, 0.05) is 10.7 Å². The van der Waals surface area contributed by atoms with Crippen LogP contribution in [0.25, 0.3) is 0 Å². The zero-order valence-corrected chi connectivity index (χ0v) is 11.4. The summed E-state index contributed by atoms with van der Waals surface area (Å²) in [4.78, 5) is 12.3. The molecule has 0 spiro atoms. The molecule has 1 amide bonds. The molecule has 0 saturated heterocycles. The summed E-state index contributed by atoms with van der Waals surface area (Å²) in [6.07, 6.45) is 4.75. The summed E-state index contributed by atoms with van der Waals surface area (Å²) >= 11 is 5.94. The van der Waals surface area contributed by atoms with Crippen LogP contribution >= 0.6 is 11.6 Å². The van der Waals surface area contributed by atoms with Crippen LogP contribution in [0.2, 0.25) is 5.02 Å². The van der Waals surface area contributed by atoms with Gasteiger partial charge in [0.15, 0.2) is 0 Å². The molecule has 1 aromatic rings. The maximum atomic E-state index is 12.3. The van der Waals surface area contributed by atoms with Gasteiger partial charge in [-0.3, -0.25) is 4.79 Å². The molecule has 0 aliphatic heterocycles. The molecule has 98 valence electrons. The van der Waals surface area contributed by atoms with Crippen molar-refractivity contribution in [3.63, 3.8) is 0 Å². The number of carbonyl (C=O) groups excluding carboxylic acids is 1. The Hall–Kier alpha value is -1.06. The minimum atomic E-state index is -0.715. The normalized spacial score (nSPS) is 18.4. The second-order valence-electron chi connectivity index (χ2n) is 5.13. The summed E-state index contributed by atoms with van der Waals surface area (Å²) in [5, 5.41) is 3.53. The van der Waals surface area contributed by atoms with Crippen LogP contribution in [0.5, 0.6) is 0 Å². The predicted octanol–water partition coefficient (Wildman–Crippen LogP) is 3.25. The summed E-state index contributed by atoms with van der Waals surface area (Å²) in [5.41, 5.74) is 7.22. The first-order valence-electron chi connectivity index (χ1n) is 6.38. The molecule has 0 bridgehead atoms. The third-order valence-electron chi connectivity index (χ3n) is 3.65. The van der Waals surface area contributed by atoms with Crippen molar-refractivity contribution in [2.45, 2.75) is 44.6 Å². The molecule has 1 aliphatic carbocycles. The van der Waals surface area contributed by atoms with Crippen LogP contribution < -0.4 is 11.1 Å². The Balaban J connectivity index is 2.13. The van der Waals surface area contributed by atoms with E-state index in [0.717, 1.165) is 36.9 Å². The zero-order valence-electron chi connectivity index (χ0n) is 10.6. The van der Waals surface area contributed by atoms with Crippen molar-refractivity contribution in [2.75, 3.05) is 5.32 Å². The number of nitrogens with two attached hydrogens (primary N) is 1. The van der Waals surface area contributed by atoms with Crippen LogP contribution in [-0.4, -0.2) is 11.4 Å². The zero-order chi connectivity index (χ0) is 13.2. The fraction of sp³-hybridized carbons (Fsp3) is 0.500. The second-order valence-corrected chi connectivity index (χ2v) is 5.57. The van der Waals surface area contributed by atoms with Gasteiger partial charge in [-0.2, -0.15) is 0 Å². The largest absolute Gasteiger partial charge is 0.324 e. The number of aryl methyl sites for hydroxylation is 1. The molecular weight excluding hydrogens is 248 g/mol. The molecule has 1 fully saturated rings. The van der Waals surface area contributed by atoms with Crippen molar-refractivity contribution in [1.29, 1.82) is 0 Å². The number of amides is 1. The van der Waals surface area contributed by atoms with E-state index in [0.29, 0.717) is 5.02 Å².